The highest BCUT2D eigenvalue weighted by Crippen LogP contribution is 2.30. The molecular weight excluding hydrogens is 297 g/mol. The van der Waals surface area contributed by atoms with Gasteiger partial charge in [0.25, 0.3) is 0 Å². The Morgan fingerprint density at radius 3 is 2.58 bits per heavy atom. The molecule has 102 valence electrons. The van der Waals surface area contributed by atoms with Crippen molar-refractivity contribution in [2.24, 2.45) is 0 Å². The summed E-state index contributed by atoms with van der Waals surface area (Å²) in [5.74, 6) is 0.493. The first-order valence-corrected chi connectivity index (χ1v) is 8.04. The lowest BCUT2D eigenvalue weighted by Crippen LogP contribution is -2.30. The van der Waals surface area contributed by atoms with E-state index in [0.29, 0.717) is 11.9 Å². The van der Waals surface area contributed by atoms with Gasteiger partial charge in [-0.15, -0.1) is 22.9 Å². The quantitative estimate of drug-likeness (QED) is 0.654. The molecule has 0 amide bonds. The van der Waals surface area contributed by atoms with Gasteiger partial charge in [-0.3, -0.25) is 0 Å². The molecule has 19 heavy (non-hydrogen) atoms. The summed E-state index contributed by atoms with van der Waals surface area (Å²) in [5, 5.41) is 2.87. The second-order valence-corrected chi connectivity index (χ2v) is 6.43. The number of alkyl halides is 1. The molecule has 0 aliphatic heterocycles. The second-order valence-electron chi connectivity index (χ2n) is 4.72. The predicted molar refractivity (Wildman–Crippen MR) is 86.6 cm³/mol. The Labute approximate surface area is 128 Å². The van der Waals surface area contributed by atoms with Crippen LogP contribution in [0.5, 0.6) is 0 Å². The Morgan fingerprint density at radius 1 is 1.26 bits per heavy atom. The van der Waals surface area contributed by atoms with E-state index >= 15 is 0 Å². The van der Waals surface area contributed by atoms with Gasteiger partial charge in [-0.25, -0.2) is 0 Å². The Hall–Kier alpha value is -0.700. The van der Waals surface area contributed by atoms with E-state index in [2.05, 4.69) is 42.3 Å². The van der Waals surface area contributed by atoms with E-state index in [1.165, 1.54) is 4.88 Å². The Bertz CT molecular complexity index is 523. The standard InChI is InChI=1S/C15H17Cl2NS/c1-11(2)18(10-13-4-3-7-19-13)15-6-5-12(9-16)8-14(15)17/h3-8,11H,9-10H2,1-2H3. The van der Waals surface area contributed by atoms with Crippen LogP contribution in [0.2, 0.25) is 5.02 Å². The SMILES string of the molecule is CC(C)N(Cc1cccs1)c1ccc(CCl)cc1Cl. The maximum absolute atomic E-state index is 6.39. The van der Waals surface area contributed by atoms with E-state index in [1.54, 1.807) is 11.3 Å². The molecule has 4 heteroatoms. The van der Waals surface area contributed by atoms with Gasteiger partial charge in [-0.2, -0.15) is 0 Å². The molecule has 0 saturated heterocycles. The van der Waals surface area contributed by atoms with Gasteiger partial charge in [0.1, 0.15) is 0 Å². The van der Waals surface area contributed by atoms with Crippen molar-refractivity contribution in [1.29, 1.82) is 0 Å². The maximum atomic E-state index is 6.39. The summed E-state index contributed by atoms with van der Waals surface area (Å²) in [6.07, 6.45) is 0. The minimum Gasteiger partial charge on any atom is -0.363 e. The molecule has 0 aliphatic carbocycles. The van der Waals surface area contributed by atoms with E-state index < -0.39 is 0 Å². The zero-order chi connectivity index (χ0) is 13.8. The van der Waals surface area contributed by atoms with Crippen LogP contribution in [0.3, 0.4) is 0 Å². The molecule has 2 aromatic rings. The average molecular weight is 314 g/mol. The molecule has 1 nitrogen and oxygen atoms in total. The van der Waals surface area contributed by atoms with Crippen molar-refractivity contribution in [3.8, 4) is 0 Å². The van der Waals surface area contributed by atoms with Crippen molar-refractivity contribution in [2.75, 3.05) is 4.90 Å². The normalized spacial score (nSPS) is 11.0. The Balaban J connectivity index is 2.28. The average Bonchev–Trinajstić information content (AvgIpc) is 2.89. The number of rotatable bonds is 5. The topological polar surface area (TPSA) is 3.24 Å². The summed E-state index contributed by atoms with van der Waals surface area (Å²) in [5.41, 5.74) is 2.12. The monoisotopic (exact) mass is 313 g/mol. The number of nitrogens with zero attached hydrogens (tertiary/aromatic N) is 1. The van der Waals surface area contributed by atoms with Crippen LogP contribution in [0.15, 0.2) is 35.7 Å². The van der Waals surface area contributed by atoms with Crippen LogP contribution in [0.1, 0.15) is 24.3 Å². The maximum Gasteiger partial charge on any atom is 0.0642 e. The number of benzene rings is 1. The van der Waals surface area contributed by atoms with Gasteiger partial charge in [-0.05, 0) is 43.0 Å². The van der Waals surface area contributed by atoms with Crippen molar-refractivity contribution in [1.82, 2.24) is 0 Å². The van der Waals surface area contributed by atoms with E-state index in [9.17, 15) is 0 Å². The highest BCUT2D eigenvalue weighted by molar-refractivity contribution is 7.09. The molecule has 0 unspecified atom stereocenters. The largest absolute Gasteiger partial charge is 0.363 e. The molecule has 0 atom stereocenters. The first kappa shape index (κ1) is 14.7. The van der Waals surface area contributed by atoms with Crippen LogP contribution >= 0.6 is 34.5 Å². The van der Waals surface area contributed by atoms with Crippen molar-refractivity contribution >= 4 is 40.2 Å². The minimum absolute atomic E-state index is 0.390. The van der Waals surface area contributed by atoms with Crippen LogP contribution in [0.25, 0.3) is 0 Å². The highest BCUT2D eigenvalue weighted by atomic mass is 35.5. The molecule has 0 aliphatic rings. The summed E-state index contributed by atoms with van der Waals surface area (Å²) in [6, 6.07) is 10.7. The zero-order valence-corrected chi connectivity index (χ0v) is 13.4. The van der Waals surface area contributed by atoms with Crippen LogP contribution in [-0.2, 0) is 12.4 Å². The third-order valence-electron chi connectivity index (χ3n) is 3.01. The van der Waals surface area contributed by atoms with Gasteiger partial charge in [0.2, 0.25) is 0 Å². The molecule has 0 radical (unpaired) electrons. The molecule has 0 saturated carbocycles. The van der Waals surface area contributed by atoms with Gasteiger partial charge in [-0.1, -0.05) is 23.7 Å². The fraction of sp³-hybridized carbons (Fsp3) is 0.333. The van der Waals surface area contributed by atoms with Crippen molar-refractivity contribution < 1.29 is 0 Å². The predicted octanol–water partition coefficient (Wildman–Crippen LogP) is 5.56. The zero-order valence-electron chi connectivity index (χ0n) is 11.1. The van der Waals surface area contributed by atoms with Crippen LogP contribution in [0.4, 0.5) is 5.69 Å². The molecule has 1 aromatic heterocycles. The molecule has 2 rings (SSSR count). The lowest BCUT2D eigenvalue weighted by molar-refractivity contribution is 0.687. The molecule has 0 spiro atoms. The summed E-state index contributed by atoms with van der Waals surface area (Å²) in [7, 11) is 0. The number of anilines is 1. The molecule has 1 heterocycles. The molecule has 0 N–H and O–H groups in total. The fourth-order valence-corrected chi connectivity index (χ4v) is 3.16. The number of halogens is 2. The smallest absolute Gasteiger partial charge is 0.0642 e. The molecule has 1 aromatic carbocycles. The van der Waals surface area contributed by atoms with Crippen LogP contribution in [-0.4, -0.2) is 6.04 Å². The van der Waals surface area contributed by atoms with Gasteiger partial charge in [0.15, 0.2) is 0 Å². The lowest BCUT2D eigenvalue weighted by Gasteiger charge is -2.29. The van der Waals surface area contributed by atoms with Crippen molar-refractivity contribution in [2.45, 2.75) is 32.3 Å². The van der Waals surface area contributed by atoms with E-state index in [4.69, 9.17) is 23.2 Å². The van der Waals surface area contributed by atoms with Gasteiger partial charge in [0, 0.05) is 16.8 Å². The van der Waals surface area contributed by atoms with E-state index in [0.717, 1.165) is 22.8 Å². The van der Waals surface area contributed by atoms with Crippen molar-refractivity contribution in [3.63, 3.8) is 0 Å². The van der Waals surface area contributed by atoms with Crippen LogP contribution < -0.4 is 4.90 Å². The highest BCUT2D eigenvalue weighted by Gasteiger charge is 2.15. The number of hydrogen-bond donors (Lipinski definition) is 0. The van der Waals surface area contributed by atoms with Gasteiger partial charge < -0.3 is 4.90 Å². The fourth-order valence-electron chi connectivity index (χ4n) is 1.98. The molecule has 0 fully saturated rings. The minimum atomic E-state index is 0.390. The van der Waals surface area contributed by atoms with Gasteiger partial charge in [0.05, 0.1) is 17.3 Å². The first-order valence-electron chi connectivity index (χ1n) is 6.25. The molecule has 0 bridgehead atoms. The third kappa shape index (κ3) is 3.65. The van der Waals surface area contributed by atoms with E-state index in [1.807, 2.05) is 12.1 Å². The third-order valence-corrected chi connectivity index (χ3v) is 4.48. The summed E-state index contributed by atoms with van der Waals surface area (Å²) in [6.45, 7) is 5.24. The summed E-state index contributed by atoms with van der Waals surface area (Å²) >= 11 is 14.0. The second kappa shape index (κ2) is 6.65. The Kier molecular flexibility index (Phi) is 5.14. The van der Waals surface area contributed by atoms with Crippen molar-refractivity contribution in [3.05, 3.63) is 51.2 Å². The summed E-state index contributed by atoms with van der Waals surface area (Å²) < 4.78 is 0. The molecular formula is C15H17Cl2NS. The number of hydrogen-bond acceptors (Lipinski definition) is 2. The number of thiophene rings is 1. The van der Waals surface area contributed by atoms with Gasteiger partial charge >= 0.3 is 0 Å². The van der Waals surface area contributed by atoms with Crippen LogP contribution in [0, 0.1) is 0 Å². The summed E-state index contributed by atoms with van der Waals surface area (Å²) in [4.78, 5) is 3.65. The Morgan fingerprint density at radius 2 is 2.05 bits per heavy atom. The first-order chi connectivity index (χ1) is 9.11. The lowest BCUT2D eigenvalue weighted by atomic mass is 10.2. The van der Waals surface area contributed by atoms with E-state index in [-0.39, 0.29) is 0 Å².